The van der Waals surface area contributed by atoms with Gasteiger partial charge in [-0.05, 0) is 53.4 Å². The number of hydrogen-bond acceptors (Lipinski definition) is 5. The maximum Gasteiger partial charge on any atom is 0.327 e. The van der Waals surface area contributed by atoms with Crippen molar-refractivity contribution in [2.75, 3.05) is 30.8 Å². The average Bonchev–Trinajstić information content (AvgIpc) is 3.42. The second-order valence-electron chi connectivity index (χ2n) is 9.40. The van der Waals surface area contributed by atoms with Crippen LogP contribution >= 0.6 is 0 Å². The molecule has 6 heteroatoms. The number of nitrogens with zero attached hydrogens (tertiary/aromatic N) is 1. The highest BCUT2D eigenvalue weighted by Crippen LogP contribution is 2.28. The number of amides is 1. The van der Waals surface area contributed by atoms with Crippen molar-refractivity contribution in [1.82, 2.24) is 4.90 Å². The Labute approximate surface area is 223 Å². The van der Waals surface area contributed by atoms with Gasteiger partial charge in [-0.15, -0.1) is 0 Å². The fraction of sp³-hybridized carbons (Fsp3) is 0.188. The van der Waals surface area contributed by atoms with E-state index in [9.17, 15) is 9.59 Å². The van der Waals surface area contributed by atoms with Crippen LogP contribution in [-0.2, 0) is 9.53 Å². The first-order chi connectivity index (χ1) is 18.6. The second kappa shape index (κ2) is 11.8. The summed E-state index contributed by atoms with van der Waals surface area (Å²) in [7, 11) is 1.44. The van der Waals surface area contributed by atoms with Gasteiger partial charge in [-0.2, -0.15) is 0 Å². The third-order valence-electron chi connectivity index (χ3n) is 6.89. The lowest BCUT2D eigenvalue weighted by Crippen LogP contribution is -2.35. The minimum atomic E-state index is -0.413. The lowest BCUT2D eigenvalue weighted by molar-refractivity contribution is -0.146. The Morgan fingerprint density at radius 1 is 0.816 bits per heavy atom. The molecule has 1 saturated heterocycles. The van der Waals surface area contributed by atoms with E-state index < -0.39 is 6.04 Å². The molecule has 0 saturated carbocycles. The first-order valence-electron chi connectivity index (χ1n) is 12.8. The van der Waals surface area contributed by atoms with Crippen molar-refractivity contribution in [3.63, 3.8) is 0 Å². The summed E-state index contributed by atoms with van der Waals surface area (Å²) in [5.41, 5.74) is 5.17. The van der Waals surface area contributed by atoms with Gasteiger partial charge < -0.3 is 15.4 Å². The van der Waals surface area contributed by atoms with E-state index in [2.05, 4.69) is 15.5 Å². The molecule has 2 atom stereocenters. The lowest BCUT2D eigenvalue weighted by Gasteiger charge is -2.26. The van der Waals surface area contributed by atoms with Crippen LogP contribution in [0, 0.1) is 0 Å². The number of methoxy groups -OCH3 is 1. The number of anilines is 2. The number of benzene rings is 4. The van der Waals surface area contributed by atoms with Crippen molar-refractivity contribution < 1.29 is 14.3 Å². The zero-order chi connectivity index (χ0) is 26.3. The Morgan fingerprint density at radius 3 is 2.16 bits per heavy atom. The summed E-state index contributed by atoms with van der Waals surface area (Å²) >= 11 is 0. The smallest absolute Gasteiger partial charge is 0.327 e. The normalized spacial score (nSPS) is 16.0. The number of likely N-dealkylation sites (tertiary alicyclic amines) is 1. The predicted octanol–water partition coefficient (Wildman–Crippen LogP) is 6.01. The van der Waals surface area contributed by atoms with Crippen molar-refractivity contribution in [3.8, 4) is 11.1 Å². The van der Waals surface area contributed by atoms with Crippen LogP contribution in [0.3, 0.4) is 0 Å². The van der Waals surface area contributed by atoms with Crippen LogP contribution in [0.1, 0.15) is 28.4 Å². The van der Waals surface area contributed by atoms with Gasteiger partial charge in [-0.3, -0.25) is 9.69 Å². The van der Waals surface area contributed by atoms with Crippen molar-refractivity contribution >= 4 is 23.3 Å². The Hall–Kier alpha value is -4.42. The van der Waals surface area contributed by atoms with E-state index in [4.69, 9.17) is 4.74 Å². The molecule has 0 spiro atoms. The fourth-order valence-corrected chi connectivity index (χ4v) is 5.02. The number of carbonyl (C=O) groups excluding carboxylic acids is 2. The van der Waals surface area contributed by atoms with E-state index in [0.29, 0.717) is 5.56 Å². The summed E-state index contributed by atoms with van der Waals surface area (Å²) in [6.07, 6.45) is 0.912. The number of esters is 1. The summed E-state index contributed by atoms with van der Waals surface area (Å²) < 4.78 is 5.11. The van der Waals surface area contributed by atoms with Gasteiger partial charge >= 0.3 is 5.97 Å². The van der Waals surface area contributed by atoms with Gasteiger partial charge in [0.25, 0.3) is 5.91 Å². The highest BCUT2D eigenvalue weighted by Gasteiger charge is 2.34. The SMILES string of the molecule is COC(=O)C(c1ccccc1)N1CCC(Nc2ccc(NC(=O)c3ccccc3-c3ccccc3)cc2)C1. The summed E-state index contributed by atoms with van der Waals surface area (Å²) in [6, 6.07) is 34.8. The molecule has 192 valence electrons. The van der Waals surface area contributed by atoms with E-state index in [1.807, 2.05) is 109 Å². The molecule has 1 fully saturated rings. The Balaban J connectivity index is 1.22. The molecule has 0 bridgehead atoms. The molecule has 2 unspecified atom stereocenters. The highest BCUT2D eigenvalue weighted by molar-refractivity contribution is 6.08. The van der Waals surface area contributed by atoms with Crippen molar-refractivity contribution in [3.05, 3.63) is 120 Å². The van der Waals surface area contributed by atoms with E-state index in [1.54, 1.807) is 0 Å². The molecule has 5 rings (SSSR count). The molecule has 38 heavy (non-hydrogen) atoms. The third kappa shape index (κ3) is 5.76. The summed E-state index contributed by atoms with van der Waals surface area (Å²) in [5, 5.41) is 6.59. The molecular formula is C32H31N3O3. The average molecular weight is 506 g/mol. The Morgan fingerprint density at radius 2 is 1.45 bits per heavy atom. The number of rotatable bonds is 8. The van der Waals surface area contributed by atoms with Crippen LogP contribution in [0.4, 0.5) is 11.4 Å². The number of carbonyl (C=O) groups is 2. The molecule has 2 N–H and O–H groups in total. The molecule has 6 nitrogen and oxygen atoms in total. The first kappa shape index (κ1) is 25.2. The largest absolute Gasteiger partial charge is 0.468 e. The van der Waals surface area contributed by atoms with Crippen LogP contribution in [0.15, 0.2) is 109 Å². The zero-order valence-electron chi connectivity index (χ0n) is 21.3. The van der Waals surface area contributed by atoms with Gasteiger partial charge in [-0.1, -0.05) is 78.9 Å². The van der Waals surface area contributed by atoms with Crippen LogP contribution in [-0.4, -0.2) is 43.0 Å². The Bertz CT molecular complexity index is 1370. The maximum atomic E-state index is 13.1. The minimum absolute atomic E-state index is 0.147. The summed E-state index contributed by atoms with van der Waals surface area (Å²) in [5.74, 6) is -0.392. The topological polar surface area (TPSA) is 70.7 Å². The molecule has 4 aromatic carbocycles. The van der Waals surface area contributed by atoms with Gasteiger partial charge in [0, 0.05) is 36.1 Å². The van der Waals surface area contributed by atoms with Crippen LogP contribution in [0.2, 0.25) is 0 Å². The van der Waals surface area contributed by atoms with E-state index in [0.717, 1.165) is 47.6 Å². The highest BCUT2D eigenvalue weighted by atomic mass is 16.5. The molecule has 0 aromatic heterocycles. The number of hydrogen-bond donors (Lipinski definition) is 2. The lowest BCUT2D eigenvalue weighted by atomic mass is 9.99. The van der Waals surface area contributed by atoms with Gasteiger partial charge in [0.1, 0.15) is 6.04 Å². The van der Waals surface area contributed by atoms with Crippen LogP contribution in [0.25, 0.3) is 11.1 Å². The fourth-order valence-electron chi connectivity index (χ4n) is 5.02. The number of ether oxygens (including phenoxy) is 1. The number of nitrogens with one attached hydrogen (secondary N) is 2. The summed E-state index contributed by atoms with van der Waals surface area (Å²) in [4.78, 5) is 27.8. The standard InChI is InChI=1S/C32H31N3O3/c1-38-32(37)30(24-12-6-3-7-13-24)35-21-20-27(22-35)33-25-16-18-26(19-17-25)34-31(36)29-15-9-8-14-28(29)23-10-4-2-5-11-23/h2-19,27,30,33H,20-22H2,1H3,(H,34,36). The van der Waals surface area contributed by atoms with Crippen molar-refractivity contribution in [2.45, 2.75) is 18.5 Å². The predicted molar refractivity (Wildman–Crippen MR) is 151 cm³/mol. The van der Waals surface area contributed by atoms with E-state index in [1.165, 1.54) is 7.11 Å². The molecule has 1 heterocycles. The van der Waals surface area contributed by atoms with Crippen molar-refractivity contribution in [2.24, 2.45) is 0 Å². The zero-order valence-corrected chi connectivity index (χ0v) is 21.3. The van der Waals surface area contributed by atoms with Gasteiger partial charge in [0.05, 0.1) is 7.11 Å². The third-order valence-corrected chi connectivity index (χ3v) is 6.89. The van der Waals surface area contributed by atoms with Gasteiger partial charge in [0.2, 0.25) is 0 Å². The van der Waals surface area contributed by atoms with Crippen LogP contribution in [0.5, 0.6) is 0 Å². The van der Waals surface area contributed by atoms with E-state index >= 15 is 0 Å². The molecule has 0 radical (unpaired) electrons. The monoisotopic (exact) mass is 505 g/mol. The maximum absolute atomic E-state index is 13.1. The van der Waals surface area contributed by atoms with Crippen LogP contribution < -0.4 is 10.6 Å². The van der Waals surface area contributed by atoms with Gasteiger partial charge in [-0.25, -0.2) is 4.79 Å². The second-order valence-corrected chi connectivity index (χ2v) is 9.40. The molecule has 1 aliphatic heterocycles. The molecule has 1 aliphatic rings. The van der Waals surface area contributed by atoms with Crippen molar-refractivity contribution in [1.29, 1.82) is 0 Å². The summed E-state index contributed by atoms with van der Waals surface area (Å²) in [6.45, 7) is 1.52. The quantitative estimate of drug-likeness (QED) is 0.287. The first-order valence-corrected chi connectivity index (χ1v) is 12.8. The minimum Gasteiger partial charge on any atom is -0.468 e. The Kier molecular flexibility index (Phi) is 7.81. The molecular weight excluding hydrogens is 474 g/mol. The molecule has 4 aromatic rings. The molecule has 0 aliphatic carbocycles. The molecule has 1 amide bonds. The van der Waals surface area contributed by atoms with Gasteiger partial charge in [0.15, 0.2) is 0 Å². The van der Waals surface area contributed by atoms with E-state index in [-0.39, 0.29) is 17.9 Å².